The molecule has 0 saturated heterocycles. The average Bonchev–Trinajstić information content (AvgIpc) is 1.84. The lowest BCUT2D eigenvalue weighted by atomic mass is 10.5. The van der Waals surface area contributed by atoms with Crippen molar-refractivity contribution in [3.05, 3.63) is 12.3 Å². The minimum absolute atomic E-state index is 0.406. The Bertz CT molecular complexity index is 200. The molecule has 0 saturated carbocycles. The number of carboxylic acid groups (broad SMARTS) is 1. The summed E-state index contributed by atoms with van der Waals surface area (Å²) in [7, 11) is 1.15. The highest BCUT2D eigenvalue weighted by Gasteiger charge is 2.13. The van der Waals surface area contributed by atoms with Crippen LogP contribution in [0.1, 0.15) is 6.92 Å². The van der Waals surface area contributed by atoms with E-state index in [2.05, 4.69) is 11.9 Å². The Morgan fingerprint density at radius 1 is 1.55 bits per heavy atom. The molecule has 0 spiro atoms. The molecule has 0 heterocycles. The minimum Gasteiger partial charge on any atom is -0.465 e. The maximum absolute atomic E-state index is 10.8. The van der Waals surface area contributed by atoms with Crippen LogP contribution in [0.4, 0.5) is 9.59 Å². The molecule has 0 atom stereocenters. The first-order valence-electron chi connectivity index (χ1n) is 2.88. The molecule has 0 fully saturated rings. The second-order valence-corrected chi connectivity index (χ2v) is 2.05. The lowest BCUT2D eigenvalue weighted by Gasteiger charge is -2.11. The number of nitrogens with one attached hydrogen (secondary N) is 1. The molecule has 0 rings (SSSR count). The summed E-state index contributed by atoms with van der Waals surface area (Å²) in [6.45, 7) is 4.95. The van der Waals surface area contributed by atoms with E-state index in [0.29, 0.717) is 10.6 Å². The summed E-state index contributed by atoms with van der Waals surface area (Å²) in [5, 5.41) is 10.5. The van der Waals surface area contributed by atoms with Crippen molar-refractivity contribution in [2.45, 2.75) is 6.92 Å². The summed E-state index contributed by atoms with van der Waals surface area (Å²) < 4.78 is 0. The van der Waals surface area contributed by atoms with Crippen molar-refractivity contribution in [1.82, 2.24) is 10.2 Å². The van der Waals surface area contributed by atoms with Crippen LogP contribution in [0.5, 0.6) is 0 Å². The van der Waals surface area contributed by atoms with Crippen molar-refractivity contribution in [3.63, 3.8) is 0 Å². The van der Waals surface area contributed by atoms with E-state index in [0.717, 1.165) is 7.05 Å². The molecule has 0 aromatic heterocycles. The van der Waals surface area contributed by atoms with Gasteiger partial charge in [-0.05, 0) is 6.92 Å². The van der Waals surface area contributed by atoms with E-state index in [1.807, 2.05) is 0 Å². The van der Waals surface area contributed by atoms with Gasteiger partial charge in [0.1, 0.15) is 0 Å². The van der Waals surface area contributed by atoms with Crippen LogP contribution in [-0.2, 0) is 0 Å². The second-order valence-electron chi connectivity index (χ2n) is 2.05. The molecule has 0 radical (unpaired) electrons. The largest absolute Gasteiger partial charge is 0.465 e. The number of urea groups is 1. The van der Waals surface area contributed by atoms with Gasteiger partial charge in [-0.1, -0.05) is 6.58 Å². The standard InChI is InChI=1S/C6H10N2O3/c1-4(2)7-5(9)8(3)6(10)11/h1H2,2-3H3,(H,7,9)(H,10,11). The molecule has 2 N–H and O–H groups in total. The minimum atomic E-state index is -1.30. The monoisotopic (exact) mass is 158 g/mol. The number of hydrogen-bond acceptors (Lipinski definition) is 2. The molecule has 0 aliphatic heterocycles. The fourth-order valence-electron chi connectivity index (χ4n) is 0.353. The summed E-state index contributed by atoms with van der Waals surface area (Å²) in [6, 6.07) is -0.704. The van der Waals surface area contributed by atoms with Crippen LogP contribution in [0.3, 0.4) is 0 Å². The van der Waals surface area contributed by atoms with Gasteiger partial charge in [0.15, 0.2) is 0 Å². The Morgan fingerprint density at radius 3 is 2.27 bits per heavy atom. The molecular weight excluding hydrogens is 148 g/mol. The summed E-state index contributed by atoms with van der Waals surface area (Å²) >= 11 is 0. The van der Waals surface area contributed by atoms with Gasteiger partial charge in [-0.2, -0.15) is 0 Å². The van der Waals surface area contributed by atoms with Gasteiger partial charge in [-0.15, -0.1) is 0 Å². The van der Waals surface area contributed by atoms with Crippen LogP contribution in [0.2, 0.25) is 0 Å². The predicted molar refractivity (Wildman–Crippen MR) is 39.1 cm³/mol. The molecule has 5 heteroatoms. The Balaban J connectivity index is 4.04. The highest BCUT2D eigenvalue weighted by molar-refractivity contribution is 5.90. The number of imide groups is 1. The highest BCUT2D eigenvalue weighted by Crippen LogP contribution is 1.87. The number of carbonyl (C=O) groups excluding carboxylic acids is 1. The maximum Gasteiger partial charge on any atom is 0.415 e. The fraction of sp³-hybridized carbons (Fsp3) is 0.333. The molecule has 0 bridgehead atoms. The zero-order chi connectivity index (χ0) is 9.02. The normalized spacial score (nSPS) is 8.55. The molecule has 0 aromatic carbocycles. The molecule has 0 aliphatic carbocycles. The molecule has 0 unspecified atom stereocenters. The van der Waals surface area contributed by atoms with Gasteiger partial charge in [-0.25, -0.2) is 14.5 Å². The van der Waals surface area contributed by atoms with Crippen LogP contribution in [0.25, 0.3) is 0 Å². The molecule has 0 aliphatic rings. The van der Waals surface area contributed by atoms with Crippen LogP contribution in [0, 0.1) is 0 Å². The Labute approximate surface area is 64.3 Å². The van der Waals surface area contributed by atoms with Crippen LogP contribution in [-0.4, -0.2) is 29.2 Å². The number of amides is 3. The van der Waals surface area contributed by atoms with E-state index < -0.39 is 12.1 Å². The van der Waals surface area contributed by atoms with Gasteiger partial charge in [0, 0.05) is 12.7 Å². The van der Waals surface area contributed by atoms with Crippen molar-refractivity contribution >= 4 is 12.1 Å². The third-order valence-electron chi connectivity index (χ3n) is 0.912. The third kappa shape index (κ3) is 3.24. The SMILES string of the molecule is C=C(C)NC(=O)N(C)C(=O)O. The Kier molecular flexibility index (Phi) is 3.10. The van der Waals surface area contributed by atoms with Crippen molar-refractivity contribution in [2.75, 3.05) is 7.05 Å². The first-order chi connectivity index (χ1) is 4.95. The van der Waals surface area contributed by atoms with Gasteiger partial charge in [0.25, 0.3) is 0 Å². The average molecular weight is 158 g/mol. The van der Waals surface area contributed by atoms with Crippen LogP contribution in [0.15, 0.2) is 12.3 Å². The summed E-state index contributed by atoms with van der Waals surface area (Å²) in [5.74, 6) is 0. The summed E-state index contributed by atoms with van der Waals surface area (Å²) in [4.78, 5) is 21.5. The molecule has 0 aromatic rings. The Hall–Kier alpha value is -1.52. The van der Waals surface area contributed by atoms with E-state index in [1.54, 1.807) is 6.92 Å². The predicted octanol–water partition coefficient (Wildman–Crippen LogP) is 0.839. The number of rotatable bonds is 1. The van der Waals surface area contributed by atoms with E-state index in [1.165, 1.54) is 0 Å². The number of allylic oxidation sites excluding steroid dienone is 1. The van der Waals surface area contributed by atoms with E-state index in [-0.39, 0.29) is 0 Å². The molecule has 3 amide bonds. The third-order valence-corrected chi connectivity index (χ3v) is 0.912. The second kappa shape index (κ2) is 3.60. The van der Waals surface area contributed by atoms with Crippen molar-refractivity contribution in [3.8, 4) is 0 Å². The zero-order valence-electron chi connectivity index (χ0n) is 6.42. The lowest BCUT2D eigenvalue weighted by Crippen LogP contribution is -2.39. The maximum atomic E-state index is 10.8. The molecule has 5 nitrogen and oxygen atoms in total. The highest BCUT2D eigenvalue weighted by atomic mass is 16.4. The molecule has 11 heavy (non-hydrogen) atoms. The van der Waals surface area contributed by atoms with E-state index in [4.69, 9.17) is 5.11 Å². The van der Waals surface area contributed by atoms with Gasteiger partial charge in [0.05, 0.1) is 0 Å². The van der Waals surface area contributed by atoms with Gasteiger partial charge < -0.3 is 10.4 Å². The first-order valence-corrected chi connectivity index (χ1v) is 2.88. The zero-order valence-corrected chi connectivity index (χ0v) is 6.42. The topological polar surface area (TPSA) is 69.6 Å². The number of nitrogens with zero attached hydrogens (tertiary/aromatic N) is 1. The first kappa shape index (κ1) is 9.48. The van der Waals surface area contributed by atoms with Gasteiger partial charge >= 0.3 is 12.1 Å². The lowest BCUT2D eigenvalue weighted by molar-refractivity contribution is 0.157. The number of carbonyl (C=O) groups is 2. The molecular formula is C6H10N2O3. The summed E-state index contributed by atoms with van der Waals surface area (Å²) in [6.07, 6.45) is -1.30. The van der Waals surface area contributed by atoms with Gasteiger partial charge in [-0.3, -0.25) is 0 Å². The molecule has 62 valence electrons. The van der Waals surface area contributed by atoms with Crippen LogP contribution >= 0.6 is 0 Å². The fourth-order valence-corrected chi connectivity index (χ4v) is 0.353. The van der Waals surface area contributed by atoms with Crippen molar-refractivity contribution in [1.29, 1.82) is 0 Å². The van der Waals surface area contributed by atoms with Gasteiger partial charge in [0.2, 0.25) is 0 Å². The number of hydrogen-bond donors (Lipinski definition) is 2. The summed E-state index contributed by atoms with van der Waals surface area (Å²) in [5.41, 5.74) is 0.406. The quantitative estimate of drug-likeness (QED) is 0.594. The van der Waals surface area contributed by atoms with E-state index >= 15 is 0 Å². The van der Waals surface area contributed by atoms with Crippen LogP contribution < -0.4 is 5.32 Å². The van der Waals surface area contributed by atoms with E-state index in [9.17, 15) is 9.59 Å². The van der Waals surface area contributed by atoms with Crippen molar-refractivity contribution in [2.24, 2.45) is 0 Å². The van der Waals surface area contributed by atoms with Crippen molar-refractivity contribution < 1.29 is 14.7 Å². The Morgan fingerprint density at radius 2 is 2.00 bits per heavy atom. The smallest absolute Gasteiger partial charge is 0.415 e.